The summed E-state index contributed by atoms with van der Waals surface area (Å²) in [7, 11) is 0. The van der Waals surface area contributed by atoms with Crippen LogP contribution in [0.25, 0.3) is 0 Å². The maximum atomic E-state index is 13.5. The number of benzene rings is 1. The Balaban J connectivity index is 2.61. The van der Waals surface area contributed by atoms with Crippen molar-refractivity contribution in [1.82, 2.24) is 0 Å². The number of hydrogen-bond donors (Lipinski definition) is 1. The summed E-state index contributed by atoms with van der Waals surface area (Å²) in [6.45, 7) is -1.81. The topological polar surface area (TPSA) is 35.2 Å². The standard InChI is InChI=1S/C10H11F4NO/c11-9-7(4-15)2-1-3-8(9)5-16-6-10(12,13)14/h1-3H,4-6,15H2. The molecule has 0 atom stereocenters. The molecule has 0 fully saturated rings. The quantitative estimate of drug-likeness (QED) is 0.816. The van der Waals surface area contributed by atoms with Crippen LogP contribution in [0.1, 0.15) is 11.1 Å². The van der Waals surface area contributed by atoms with Crippen molar-refractivity contribution in [2.75, 3.05) is 6.61 Å². The van der Waals surface area contributed by atoms with Gasteiger partial charge in [0, 0.05) is 17.7 Å². The van der Waals surface area contributed by atoms with Gasteiger partial charge < -0.3 is 10.5 Å². The minimum Gasteiger partial charge on any atom is -0.367 e. The van der Waals surface area contributed by atoms with E-state index >= 15 is 0 Å². The molecule has 1 rings (SSSR count). The molecule has 2 N–H and O–H groups in total. The van der Waals surface area contributed by atoms with Crippen molar-refractivity contribution in [1.29, 1.82) is 0 Å². The van der Waals surface area contributed by atoms with Crippen molar-refractivity contribution in [2.24, 2.45) is 5.73 Å². The molecular weight excluding hydrogens is 226 g/mol. The van der Waals surface area contributed by atoms with Crippen LogP contribution in [0.15, 0.2) is 18.2 Å². The minimum absolute atomic E-state index is 0.00105. The van der Waals surface area contributed by atoms with Crippen LogP contribution < -0.4 is 5.73 Å². The zero-order valence-corrected chi connectivity index (χ0v) is 8.35. The molecule has 0 saturated carbocycles. The molecule has 1 aromatic carbocycles. The highest BCUT2D eigenvalue weighted by Gasteiger charge is 2.27. The van der Waals surface area contributed by atoms with Crippen molar-refractivity contribution in [3.05, 3.63) is 35.1 Å². The van der Waals surface area contributed by atoms with Crippen LogP contribution in [-0.4, -0.2) is 12.8 Å². The van der Waals surface area contributed by atoms with E-state index < -0.39 is 25.2 Å². The van der Waals surface area contributed by atoms with Crippen molar-refractivity contribution in [2.45, 2.75) is 19.3 Å². The molecule has 90 valence electrons. The largest absolute Gasteiger partial charge is 0.411 e. The van der Waals surface area contributed by atoms with Crippen molar-refractivity contribution < 1.29 is 22.3 Å². The predicted octanol–water partition coefficient (Wildman–Crippen LogP) is 2.36. The van der Waals surface area contributed by atoms with E-state index in [1.165, 1.54) is 18.2 Å². The maximum Gasteiger partial charge on any atom is 0.411 e. The number of ether oxygens (including phenoxy) is 1. The third kappa shape index (κ3) is 3.79. The van der Waals surface area contributed by atoms with Crippen LogP contribution >= 0.6 is 0 Å². The molecule has 0 unspecified atom stereocenters. The molecule has 0 aliphatic heterocycles. The van der Waals surface area contributed by atoms with Crippen molar-refractivity contribution in [3.63, 3.8) is 0 Å². The monoisotopic (exact) mass is 237 g/mol. The first-order valence-electron chi connectivity index (χ1n) is 4.55. The first-order chi connectivity index (χ1) is 7.44. The molecule has 0 aliphatic carbocycles. The fraction of sp³-hybridized carbons (Fsp3) is 0.400. The lowest BCUT2D eigenvalue weighted by atomic mass is 10.1. The Bertz CT molecular complexity index is 351. The number of rotatable bonds is 4. The molecule has 6 heteroatoms. The summed E-state index contributed by atoms with van der Waals surface area (Å²) >= 11 is 0. The molecule has 2 nitrogen and oxygen atoms in total. The summed E-state index contributed by atoms with van der Waals surface area (Å²) in [4.78, 5) is 0. The highest BCUT2D eigenvalue weighted by molar-refractivity contribution is 5.25. The Morgan fingerprint density at radius 2 is 1.81 bits per heavy atom. The Morgan fingerprint density at radius 3 is 2.38 bits per heavy atom. The third-order valence-electron chi connectivity index (χ3n) is 1.90. The zero-order chi connectivity index (χ0) is 12.2. The summed E-state index contributed by atoms with van der Waals surface area (Å²) in [5.74, 6) is -0.604. The van der Waals surface area contributed by atoms with Crippen LogP contribution in [0.5, 0.6) is 0 Å². The van der Waals surface area contributed by atoms with Gasteiger partial charge in [0.15, 0.2) is 0 Å². The smallest absolute Gasteiger partial charge is 0.367 e. The van der Waals surface area contributed by atoms with Gasteiger partial charge in [0.05, 0.1) is 6.61 Å². The zero-order valence-electron chi connectivity index (χ0n) is 8.35. The molecular formula is C10H11F4NO. The average molecular weight is 237 g/mol. The van der Waals surface area contributed by atoms with E-state index in [0.717, 1.165) is 0 Å². The Morgan fingerprint density at radius 1 is 1.19 bits per heavy atom. The van der Waals surface area contributed by atoms with Crippen LogP contribution in [0.2, 0.25) is 0 Å². The van der Waals surface area contributed by atoms with Gasteiger partial charge in [0.2, 0.25) is 0 Å². The van der Waals surface area contributed by atoms with Crippen LogP contribution in [0.4, 0.5) is 17.6 Å². The number of alkyl halides is 3. The number of halogens is 4. The summed E-state index contributed by atoms with van der Waals surface area (Å²) in [5.41, 5.74) is 5.59. The lowest BCUT2D eigenvalue weighted by Crippen LogP contribution is -2.17. The first-order valence-corrected chi connectivity index (χ1v) is 4.55. The second-order valence-electron chi connectivity index (χ2n) is 3.20. The van der Waals surface area contributed by atoms with E-state index in [2.05, 4.69) is 4.74 Å². The molecule has 0 amide bonds. The molecule has 0 aliphatic rings. The van der Waals surface area contributed by atoms with E-state index in [1.54, 1.807) is 0 Å². The molecule has 0 bridgehead atoms. The summed E-state index contributed by atoms with van der Waals surface area (Å²) in [5, 5.41) is 0. The van der Waals surface area contributed by atoms with Crippen LogP contribution in [0.3, 0.4) is 0 Å². The van der Waals surface area contributed by atoms with Crippen LogP contribution in [-0.2, 0) is 17.9 Å². The lowest BCUT2D eigenvalue weighted by Gasteiger charge is -2.09. The SMILES string of the molecule is NCc1cccc(COCC(F)(F)F)c1F. The fourth-order valence-electron chi connectivity index (χ4n) is 1.18. The van der Waals surface area contributed by atoms with E-state index in [4.69, 9.17) is 5.73 Å². The average Bonchev–Trinajstić information content (AvgIpc) is 2.19. The minimum atomic E-state index is -4.40. The molecule has 0 spiro atoms. The van der Waals surface area contributed by atoms with Gasteiger partial charge in [-0.2, -0.15) is 13.2 Å². The fourth-order valence-corrected chi connectivity index (χ4v) is 1.18. The normalized spacial score (nSPS) is 11.8. The second kappa shape index (κ2) is 5.27. The molecule has 16 heavy (non-hydrogen) atoms. The highest BCUT2D eigenvalue weighted by atomic mass is 19.4. The summed E-state index contributed by atoms with van der Waals surface area (Å²) < 4.78 is 53.1. The van der Waals surface area contributed by atoms with Gasteiger partial charge in [0.25, 0.3) is 0 Å². The Labute approximate surface area is 90.0 Å². The van der Waals surface area contributed by atoms with Gasteiger partial charge >= 0.3 is 6.18 Å². The first kappa shape index (κ1) is 12.9. The second-order valence-corrected chi connectivity index (χ2v) is 3.20. The Hall–Kier alpha value is -1.14. The van der Waals surface area contributed by atoms with E-state index in [9.17, 15) is 17.6 Å². The highest BCUT2D eigenvalue weighted by Crippen LogP contribution is 2.17. The van der Waals surface area contributed by atoms with Gasteiger partial charge in [-0.3, -0.25) is 0 Å². The van der Waals surface area contributed by atoms with Gasteiger partial charge in [-0.05, 0) is 0 Å². The van der Waals surface area contributed by atoms with Crippen molar-refractivity contribution >= 4 is 0 Å². The van der Waals surface area contributed by atoms with Crippen molar-refractivity contribution in [3.8, 4) is 0 Å². The van der Waals surface area contributed by atoms with Crippen LogP contribution in [0, 0.1) is 5.82 Å². The summed E-state index contributed by atoms with van der Waals surface area (Å²) in [6.07, 6.45) is -4.40. The number of nitrogens with two attached hydrogens (primary N) is 1. The molecule has 0 saturated heterocycles. The number of hydrogen-bond acceptors (Lipinski definition) is 2. The maximum absolute atomic E-state index is 13.5. The molecule has 1 aromatic rings. The van der Waals surface area contributed by atoms with E-state index in [1.807, 2.05) is 0 Å². The van der Waals surface area contributed by atoms with E-state index in [0.29, 0.717) is 0 Å². The molecule has 0 heterocycles. The van der Waals surface area contributed by atoms with Gasteiger partial charge in [-0.25, -0.2) is 4.39 Å². The molecule has 0 aromatic heterocycles. The molecule has 0 radical (unpaired) electrons. The summed E-state index contributed by atoms with van der Waals surface area (Å²) in [6, 6.07) is 4.37. The lowest BCUT2D eigenvalue weighted by molar-refractivity contribution is -0.176. The Kier molecular flexibility index (Phi) is 4.26. The van der Waals surface area contributed by atoms with Gasteiger partial charge in [0.1, 0.15) is 12.4 Å². The third-order valence-corrected chi connectivity index (χ3v) is 1.90. The van der Waals surface area contributed by atoms with Gasteiger partial charge in [-0.1, -0.05) is 18.2 Å². The van der Waals surface area contributed by atoms with Gasteiger partial charge in [-0.15, -0.1) is 0 Å². The van der Waals surface area contributed by atoms with E-state index in [-0.39, 0.29) is 17.7 Å². The predicted molar refractivity (Wildman–Crippen MR) is 50.0 cm³/mol.